The molecule has 0 saturated carbocycles. The lowest BCUT2D eigenvalue weighted by molar-refractivity contribution is 0.280. The SMILES string of the molecule is CC(O)P(c1ccccc1)c1ccccc1.c1cc2ccc1-2. The molecular formula is C20H19OP. The Morgan fingerprint density at radius 1 is 0.636 bits per heavy atom. The van der Waals surface area contributed by atoms with Gasteiger partial charge in [0.25, 0.3) is 0 Å². The van der Waals surface area contributed by atoms with Crippen molar-refractivity contribution in [1.29, 1.82) is 0 Å². The van der Waals surface area contributed by atoms with Crippen LogP contribution in [-0.4, -0.2) is 11.0 Å². The maximum absolute atomic E-state index is 9.95. The highest BCUT2D eigenvalue weighted by molar-refractivity contribution is 7.73. The van der Waals surface area contributed by atoms with Gasteiger partial charge in [-0.3, -0.25) is 0 Å². The highest BCUT2D eigenvalue weighted by Gasteiger charge is 2.18. The van der Waals surface area contributed by atoms with Crippen molar-refractivity contribution in [3.05, 3.63) is 84.9 Å². The average molecular weight is 306 g/mol. The number of benzene rings is 3. The molecule has 0 aliphatic heterocycles. The summed E-state index contributed by atoms with van der Waals surface area (Å²) in [5, 5.41) is 12.4. The summed E-state index contributed by atoms with van der Waals surface area (Å²) in [7, 11) is -0.654. The molecule has 1 N–H and O–H groups in total. The summed E-state index contributed by atoms with van der Waals surface area (Å²) >= 11 is 0. The molecule has 1 nitrogen and oxygen atoms in total. The molecule has 0 heterocycles. The van der Waals surface area contributed by atoms with E-state index in [4.69, 9.17) is 0 Å². The molecule has 2 aromatic carbocycles. The lowest BCUT2D eigenvalue weighted by Crippen LogP contribution is -2.19. The Bertz CT molecular complexity index is 645. The van der Waals surface area contributed by atoms with Crippen LogP contribution in [0.15, 0.2) is 84.9 Å². The van der Waals surface area contributed by atoms with Gasteiger partial charge in [0.1, 0.15) is 0 Å². The van der Waals surface area contributed by atoms with E-state index in [2.05, 4.69) is 48.5 Å². The van der Waals surface area contributed by atoms with E-state index in [1.165, 1.54) is 21.7 Å². The van der Waals surface area contributed by atoms with Crippen molar-refractivity contribution < 1.29 is 5.11 Å². The van der Waals surface area contributed by atoms with Crippen molar-refractivity contribution in [2.45, 2.75) is 12.8 Å². The summed E-state index contributed by atoms with van der Waals surface area (Å²) < 4.78 is 0. The third-order valence-electron chi connectivity index (χ3n) is 3.66. The summed E-state index contributed by atoms with van der Waals surface area (Å²) in [6.45, 7) is 1.87. The summed E-state index contributed by atoms with van der Waals surface area (Å²) in [5.41, 5.74) is 2.85. The number of hydrogen-bond donors (Lipinski definition) is 1. The quantitative estimate of drug-likeness (QED) is 0.564. The lowest BCUT2D eigenvalue weighted by atomic mass is 9.95. The van der Waals surface area contributed by atoms with Crippen molar-refractivity contribution >= 4 is 18.5 Å². The summed E-state index contributed by atoms with van der Waals surface area (Å²) in [6, 6.07) is 28.9. The van der Waals surface area contributed by atoms with Crippen LogP contribution in [0.5, 0.6) is 0 Å². The summed E-state index contributed by atoms with van der Waals surface area (Å²) in [5.74, 6) is -0.320. The van der Waals surface area contributed by atoms with Crippen LogP contribution in [0.2, 0.25) is 0 Å². The van der Waals surface area contributed by atoms with E-state index in [1.807, 2.05) is 43.3 Å². The van der Waals surface area contributed by atoms with Crippen molar-refractivity contribution in [2.24, 2.45) is 0 Å². The van der Waals surface area contributed by atoms with Gasteiger partial charge in [-0.2, -0.15) is 0 Å². The van der Waals surface area contributed by atoms with Gasteiger partial charge in [0.2, 0.25) is 0 Å². The maximum Gasteiger partial charge on any atom is 0.0785 e. The number of rotatable bonds is 3. The Morgan fingerprint density at radius 3 is 1.23 bits per heavy atom. The molecule has 1 unspecified atom stereocenters. The van der Waals surface area contributed by atoms with Crippen molar-refractivity contribution in [2.75, 3.05) is 0 Å². The Morgan fingerprint density at radius 2 is 1.00 bits per heavy atom. The zero-order valence-corrected chi connectivity index (χ0v) is 13.4. The topological polar surface area (TPSA) is 20.2 Å². The van der Waals surface area contributed by atoms with Crippen LogP contribution in [0.25, 0.3) is 11.1 Å². The van der Waals surface area contributed by atoms with Gasteiger partial charge in [0.15, 0.2) is 0 Å². The predicted octanol–water partition coefficient (Wildman–Crippen LogP) is 4.12. The standard InChI is InChI=1S/C14H15OP.C6H4/c1-12(15)16(13-8-4-2-5-9-13)14-10-6-3-7-11-14;1-2-6-4-3-5(1)6/h2-12,15H,1H3;1-4H. The van der Waals surface area contributed by atoms with Gasteiger partial charge in [-0.1, -0.05) is 84.9 Å². The van der Waals surface area contributed by atoms with Gasteiger partial charge in [0, 0.05) is 0 Å². The molecule has 2 heteroatoms. The molecule has 0 bridgehead atoms. The molecular weight excluding hydrogens is 287 g/mol. The fraction of sp³-hybridized carbons (Fsp3) is 0.100. The zero-order chi connectivity index (χ0) is 15.4. The van der Waals surface area contributed by atoms with E-state index in [1.54, 1.807) is 0 Å². The smallest absolute Gasteiger partial charge is 0.0785 e. The third-order valence-corrected chi connectivity index (χ3v) is 6.12. The molecule has 110 valence electrons. The number of aliphatic hydroxyl groups excluding tert-OH is 1. The monoisotopic (exact) mass is 306 g/mol. The van der Waals surface area contributed by atoms with E-state index in [-0.39, 0.29) is 5.85 Å². The van der Waals surface area contributed by atoms with Gasteiger partial charge < -0.3 is 5.11 Å². The minimum Gasteiger partial charge on any atom is -0.388 e. The molecule has 0 amide bonds. The molecule has 1 atom stereocenters. The minimum atomic E-state index is -0.654. The lowest BCUT2D eigenvalue weighted by Gasteiger charge is -2.21. The number of hydrogen-bond acceptors (Lipinski definition) is 1. The van der Waals surface area contributed by atoms with Crippen LogP contribution >= 0.6 is 7.92 Å². The largest absolute Gasteiger partial charge is 0.388 e. The molecule has 22 heavy (non-hydrogen) atoms. The predicted molar refractivity (Wildman–Crippen MR) is 96.2 cm³/mol. The molecule has 2 aliphatic rings. The molecule has 4 rings (SSSR count). The minimum absolute atomic E-state index is 0.320. The molecule has 0 spiro atoms. The molecule has 0 radical (unpaired) electrons. The second-order valence-electron chi connectivity index (χ2n) is 5.25. The van der Waals surface area contributed by atoms with E-state index < -0.39 is 7.92 Å². The van der Waals surface area contributed by atoms with Gasteiger partial charge in [-0.05, 0) is 36.6 Å². The Labute approximate surface area is 133 Å². The Hall–Kier alpha value is -1.95. The van der Waals surface area contributed by atoms with Crippen LogP contribution in [0.1, 0.15) is 6.92 Å². The summed E-state index contributed by atoms with van der Waals surface area (Å²) in [4.78, 5) is 0. The first kappa shape index (κ1) is 15.0. The van der Waals surface area contributed by atoms with E-state index in [0.29, 0.717) is 0 Å². The Balaban J connectivity index is 0.000000196. The summed E-state index contributed by atoms with van der Waals surface area (Å²) in [6.07, 6.45) is 0. The fourth-order valence-corrected chi connectivity index (χ4v) is 4.57. The number of fused-ring (bicyclic) bond motifs is 1. The molecule has 0 saturated heterocycles. The Kier molecular flexibility index (Phi) is 4.68. The van der Waals surface area contributed by atoms with Crippen LogP contribution in [0, 0.1) is 0 Å². The maximum atomic E-state index is 9.95. The molecule has 0 fully saturated rings. The highest BCUT2D eigenvalue weighted by Crippen LogP contribution is 2.37. The molecule has 2 aliphatic carbocycles. The van der Waals surface area contributed by atoms with Gasteiger partial charge in [-0.15, -0.1) is 0 Å². The van der Waals surface area contributed by atoms with Crippen LogP contribution in [-0.2, 0) is 0 Å². The van der Waals surface area contributed by atoms with Gasteiger partial charge in [-0.25, -0.2) is 0 Å². The number of aliphatic hydroxyl groups is 1. The van der Waals surface area contributed by atoms with E-state index >= 15 is 0 Å². The van der Waals surface area contributed by atoms with Gasteiger partial charge >= 0.3 is 0 Å². The van der Waals surface area contributed by atoms with Crippen LogP contribution in [0.3, 0.4) is 0 Å². The first-order valence-corrected chi connectivity index (χ1v) is 8.84. The second-order valence-corrected chi connectivity index (χ2v) is 7.77. The van der Waals surface area contributed by atoms with Crippen molar-refractivity contribution in [3.8, 4) is 11.1 Å². The van der Waals surface area contributed by atoms with Crippen LogP contribution in [0.4, 0.5) is 0 Å². The highest BCUT2D eigenvalue weighted by atomic mass is 31.1. The fourth-order valence-electron chi connectivity index (χ4n) is 2.42. The normalized spacial score (nSPS) is 12.3. The average Bonchev–Trinajstić information content (AvgIpc) is 2.53. The van der Waals surface area contributed by atoms with Crippen molar-refractivity contribution in [1.82, 2.24) is 0 Å². The molecule has 0 aromatic heterocycles. The zero-order valence-electron chi connectivity index (χ0n) is 12.6. The first-order valence-electron chi connectivity index (χ1n) is 7.43. The van der Waals surface area contributed by atoms with E-state index in [9.17, 15) is 5.11 Å². The third kappa shape index (κ3) is 3.27. The molecule has 2 aromatic rings. The first-order chi connectivity index (χ1) is 10.8. The van der Waals surface area contributed by atoms with E-state index in [0.717, 1.165) is 0 Å². The second kappa shape index (κ2) is 6.87. The van der Waals surface area contributed by atoms with Gasteiger partial charge in [0.05, 0.1) is 5.85 Å². The van der Waals surface area contributed by atoms with Crippen molar-refractivity contribution in [3.63, 3.8) is 0 Å². The van der Waals surface area contributed by atoms with Crippen LogP contribution < -0.4 is 10.6 Å².